The largest absolute Gasteiger partial charge is 0.378 e. The van der Waals surface area contributed by atoms with Gasteiger partial charge < -0.3 is 15.5 Å². The minimum Gasteiger partial charge on any atom is -0.378 e. The van der Waals surface area contributed by atoms with Gasteiger partial charge in [-0.25, -0.2) is 0 Å². The molecule has 4 aliphatic rings. The zero-order valence-corrected chi connectivity index (χ0v) is 21.5. The molecule has 0 amide bonds. The summed E-state index contributed by atoms with van der Waals surface area (Å²) in [7, 11) is 0. The Morgan fingerprint density at radius 3 is 2.48 bits per heavy atom. The van der Waals surface area contributed by atoms with Crippen LogP contribution in [-0.2, 0) is 0 Å². The van der Waals surface area contributed by atoms with Crippen LogP contribution in [0.2, 0.25) is 0 Å². The predicted molar refractivity (Wildman–Crippen MR) is 144 cm³/mol. The van der Waals surface area contributed by atoms with Crippen LogP contribution < -0.4 is 16.0 Å². The van der Waals surface area contributed by atoms with Crippen molar-refractivity contribution in [2.24, 2.45) is 28.5 Å². The van der Waals surface area contributed by atoms with E-state index in [2.05, 4.69) is 39.1 Å². The fraction of sp³-hybridized carbons (Fsp3) is 0.692. The van der Waals surface area contributed by atoms with Crippen LogP contribution >= 0.6 is 24.0 Å². The van der Waals surface area contributed by atoms with Gasteiger partial charge in [0.15, 0.2) is 5.17 Å². The summed E-state index contributed by atoms with van der Waals surface area (Å²) >= 11 is 7.21. The Balaban J connectivity index is 1.06. The summed E-state index contributed by atoms with van der Waals surface area (Å²) in [4.78, 5) is 9.73. The maximum absolute atomic E-state index is 6.22. The summed E-state index contributed by atoms with van der Waals surface area (Å²) < 4.78 is 0. The first-order valence-corrected chi connectivity index (χ1v) is 14.5. The highest BCUT2D eigenvalue weighted by molar-refractivity contribution is 8.13. The lowest BCUT2D eigenvalue weighted by molar-refractivity contribution is -0.440. The molecule has 180 valence electrons. The first kappa shape index (κ1) is 23.6. The number of likely N-dealkylation sites (tertiary alicyclic amines) is 1. The Morgan fingerprint density at radius 2 is 1.73 bits per heavy atom. The number of piperidine rings is 1. The van der Waals surface area contributed by atoms with E-state index in [1.807, 2.05) is 5.32 Å². The number of amidine groups is 1. The highest BCUT2D eigenvalue weighted by Gasteiger charge is 2.43. The van der Waals surface area contributed by atoms with Crippen LogP contribution in [0.4, 0.5) is 11.4 Å². The molecule has 0 spiro atoms. The summed E-state index contributed by atoms with van der Waals surface area (Å²) in [5, 5.41) is 3.16. The van der Waals surface area contributed by atoms with E-state index in [4.69, 9.17) is 18.0 Å². The molecule has 4 N–H and O–H groups in total. The Morgan fingerprint density at radius 1 is 1.00 bits per heavy atom. The van der Waals surface area contributed by atoms with Crippen molar-refractivity contribution in [3.8, 4) is 0 Å². The number of rotatable bonds is 5. The zero-order chi connectivity index (χ0) is 22.6. The van der Waals surface area contributed by atoms with Gasteiger partial charge in [0.25, 0.3) is 5.11 Å². The molecule has 3 atom stereocenters. The zero-order valence-electron chi connectivity index (χ0n) is 19.8. The normalized spacial score (nSPS) is 29.0. The predicted octanol–water partition coefficient (Wildman–Crippen LogP) is 4.11. The minimum absolute atomic E-state index is 0.573. The molecule has 4 fully saturated rings. The van der Waals surface area contributed by atoms with Crippen molar-refractivity contribution in [1.82, 2.24) is 4.90 Å². The van der Waals surface area contributed by atoms with Gasteiger partial charge in [0.05, 0.1) is 0 Å². The van der Waals surface area contributed by atoms with Crippen molar-refractivity contribution in [2.45, 2.75) is 63.8 Å². The molecular weight excluding hydrogens is 446 g/mol. The second-order valence-electron chi connectivity index (χ2n) is 10.5. The molecule has 0 radical (unpaired) electrons. The Hall–Kier alpha value is -1.15. The van der Waals surface area contributed by atoms with E-state index in [-0.39, 0.29) is 0 Å². The number of fused-ring (bicyclic) bond motifs is 1. The highest BCUT2D eigenvalue weighted by Crippen LogP contribution is 2.52. The molecule has 1 aromatic rings. The summed E-state index contributed by atoms with van der Waals surface area (Å²) in [6, 6.07) is 9.57. The third kappa shape index (κ3) is 6.30. The molecule has 1 aromatic carbocycles. The second kappa shape index (κ2) is 11.1. The van der Waals surface area contributed by atoms with Crippen molar-refractivity contribution < 1.29 is 5.32 Å². The van der Waals surface area contributed by atoms with Crippen LogP contribution in [0.1, 0.15) is 57.8 Å². The van der Waals surface area contributed by atoms with Crippen LogP contribution in [0.25, 0.3) is 0 Å². The lowest BCUT2D eigenvalue weighted by Gasteiger charge is -2.37. The molecule has 2 aliphatic heterocycles. The maximum Gasteiger partial charge on any atom is 0.300 e. The van der Waals surface area contributed by atoms with E-state index in [1.54, 1.807) is 11.8 Å². The number of hydrogen-bond acceptors (Lipinski definition) is 4. The maximum atomic E-state index is 6.22. The monoisotopic (exact) mass is 486 g/mol. The fourth-order valence-corrected chi connectivity index (χ4v) is 7.55. The van der Waals surface area contributed by atoms with Gasteiger partial charge in [0.1, 0.15) is 5.69 Å². The number of anilines is 1. The van der Waals surface area contributed by atoms with Gasteiger partial charge in [-0.3, -0.25) is 5.32 Å². The molecule has 2 saturated carbocycles. The number of nitrogens with two attached hydrogens (primary N) is 2. The molecule has 2 aliphatic carbocycles. The van der Waals surface area contributed by atoms with Crippen LogP contribution in [0, 0.1) is 17.8 Å². The number of thiocarbonyl (C=S) groups is 1. The Kier molecular flexibility index (Phi) is 7.91. The van der Waals surface area contributed by atoms with Gasteiger partial charge in [-0.1, -0.05) is 31.0 Å². The molecule has 0 aromatic heterocycles. The SMILES string of the molecule is N/C(=N\C(=S)[NH2+]c1ccc(N2CCC(N3CCCC3)CC2)cc1)SCC1CCCCC2CC12. The third-order valence-corrected chi connectivity index (χ3v) is 9.51. The topological polar surface area (TPSA) is 61.5 Å². The van der Waals surface area contributed by atoms with Crippen molar-refractivity contribution >= 4 is 45.6 Å². The van der Waals surface area contributed by atoms with E-state index in [0.29, 0.717) is 10.3 Å². The molecule has 33 heavy (non-hydrogen) atoms. The Bertz CT molecular complexity index is 828. The molecular formula is C26H40N5S2+. The Labute approximate surface area is 208 Å². The lowest BCUT2D eigenvalue weighted by atomic mass is 10.0. The van der Waals surface area contributed by atoms with Crippen molar-refractivity contribution in [2.75, 3.05) is 36.8 Å². The van der Waals surface area contributed by atoms with E-state index < -0.39 is 0 Å². The highest BCUT2D eigenvalue weighted by atomic mass is 32.2. The van der Waals surface area contributed by atoms with E-state index in [9.17, 15) is 0 Å². The number of nitrogens with zero attached hydrogens (tertiary/aromatic N) is 3. The minimum atomic E-state index is 0.573. The van der Waals surface area contributed by atoms with Gasteiger partial charge in [-0.2, -0.15) is 4.99 Å². The molecule has 3 unspecified atom stereocenters. The van der Waals surface area contributed by atoms with Gasteiger partial charge >= 0.3 is 0 Å². The number of aliphatic imine (C=N–C) groups is 1. The molecule has 5 rings (SSSR count). The van der Waals surface area contributed by atoms with Crippen molar-refractivity contribution in [3.05, 3.63) is 24.3 Å². The van der Waals surface area contributed by atoms with Crippen molar-refractivity contribution in [1.29, 1.82) is 0 Å². The summed E-state index contributed by atoms with van der Waals surface area (Å²) in [5.74, 6) is 3.88. The van der Waals surface area contributed by atoms with Gasteiger partial charge in [0, 0.05) is 54.9 Å². The third-order valence-electron chi connectivity index (χ3n) is 8.32. The quantitative estimate of drug-likeness (QED) is 0.284. The van der Waals surface area contributed by atoms with Gasteiger partial charge in [-0.15, -0.1) is 0 Å². The number of thioether (sulfide) groups is 1. The van der Waals surface area contributed by atoms with Crippen LogP contribution in [0.15, 0.2) is 29.3 Å². The molecule has 2 heterocycles. The number of hydrogen-bond donors (Lipinski definition) is 2. The van der Waals surface area contributed by atoms with Gasteiger partial charge in [-0.05, 0) is 81.5 Å². The standard InChI is InChI=1S/C26H39N5S2/c27-25(33-18-20-6-2-1-5-19-17-24(19)20)29-26(32)28-21-7-9-22(10-8-21)31-15-11-23(12-16-31)30-13-3-4-14-30/h7-10,19-20,23-24H,1-6,11-18H2,(H3,27,28,29,32)/p+1. The van der Waals surface area contributed by atoms with E-state index >= 15 is 0 Å². The van der Waals surface area contributed by atoms with E-state index in [0.717, 1.165) is 48.3 Å². The summed E-state index contributed by atoms with van der Waals surface area (Å²) in [5.41, 5.74) is 8.63. The molecule has 5 nitrogen and oxygen atoms in total. The van der Waals surface area contributed by atoms with Gasteiger partial charge in [0.2, 0.25) is 0 Å². The van der Waals surface area contributed by atoms with Crippen LogP contribution in [0.3, 0.4) is 0 Å². The lowest BCUT2D eigenvalue weighted by Crippen LogP contribution is -2.81. The molecule has 2 saturated heterocycles. The molecule has 0 bridgehead atoms. The van der Waals surface area contributed by atoms with Crippen LogP contribution in [0.5, 0.6) is 0 Å². The smallest absolute Gasteiger partial charge is 0.300 e. The first-order valence-electron chi connectivity index (χ1n) is 13.1. The average molecular weight is 487 g/mol. The molecule has 7 heteroatoms. The number of quaternary nitrogens is 1. The van der Waals surface area contributed by atoms with E-state index in [1.165, 1.54) is 76.6 Å². The van der Waals surface area contributed by atoms with Crippen LogP contribution in [-0.4, -0.2) is 53.2 Å². The number of benzene rings is 1. The first-order chi connectivity index (χ1) is 16.2. The summed E-state index contributed by atoms with van der Waals surface area (Å²) in [6.45, 7) is 4.93. The summed E-state index contributed by atoms with van der Waals surface area (Å²) in [6.07, 6.45) is 12.4. The van der Waals surface area contributed by atoms with Crippen molar-refractivity contribution in [3.63, 3.8) is 0 Å². The second-order valence-corrected chi connectivity index (χ2v) is 12.0. The fourth-order valence-electron chi connectivity index (χ4n) is 6.30. The average Bonchev–Trinajstić information content (AvgIpc) is 3.43.